The molecule has 1 heterocycles. The van der Waals surface area contributed by atoms with Crippen molar-refractivity contribution in [3.8, 4) is 5.75 Å². The van der Waals surface area contributed by atoms with Crippen molar-refractivity contribution >= 4 is 64.4 Å². The standard InChI is InChI=1S/C19H19Br2ClN2O3S/c1-12-19(27-9-8-23(2)3)14-10-13(22)11-16(21)18(14)24(12)28(25,26)17-7-5-4-6-15(17)20/h4-7,10-11H,8-9H2,1-3H3. The fourth-order valence-electron chi connectivity index (χ4n) is 2.97. The average Bonchev–Trinajstić information content (AvgIpc) is 2.88. The van der Waals surface area contributed by atoms with Crippen LogP contribution in [0.1, 0.15) is 5.69 Å². The van der Waals surface area contributed by atoms with Gasteiger partial charge in [0.15, 0.2) is 0 Å². The average molecular weight is 551 g/mol. The normalized spacial score (nSPS) is 12.1. The molecule has 0 saturated carbocycles. The van der Waals surface area contributed by atoms with E-state index in [4.69, 9.17) is 16.3 Å². The van der Waals surface area contributed by atoms with Gasteiger partial charge in [-0.25, -0.2) is 12.4 Å². The maximum Gasteiger partial charge on any atom is 0.269 e. The molecule has 28 heavy (non-hydrogen) atoms. The van der Waals surface area contributed by atoms with Gasteiger partial charge in [-0.15, -0.1) is 0 Å². The molecule has 0 saturated heterocycles. The number of halogens is 3. The highest BCUT2D eigenvalue weighted by molar-refractivity contribution is 9.11. The molecule has 0 aliphatic carbocycles. The first-order valence-electron chi connectivity index (χ1n) is 8.42. The fraction of sp³-hybridized carbons (Fsp3) is 0.263. The number of aromatic nitrogens is 1. The second kappa shape index (κ2) is 8.36. The highest BCUT2D eigenvalue weighted by atomic mass is 79.9. The molecule has 0 unspecified atom stereocenters. The zero-order valence-corrected chi connectivity index (χ0v) is 20.3. The summed E-state index contributed by atoms with van der Waals surface area (Å²) in [7, 11) is 0.0210. The highest BCUT2D eigenvalue weighted by Gasteiger charge is 2.29. The van der Waals surface area contributed by atoms with E-state index in [0.29, 0.717) is 49.5 Å². The van der Waals surface area contributed by atoms with Gasteiger partial charge in [0.1, 0.15) is 17.3 Å². The van der Waals surface area contributed by atoms with Gasteiger partial charge in [-0.1, -0.05) is 23.7 Å². The molecule has 9 heteroatoms. The molecule has 0 spiro atoms. The molecule has 0 atom stereocenters. The lowest BCUT2D eigenvalue weighted by Gasteiger charge is -2.13. The van der Waals surface area contributed by atoms with Crippen LogP contribution in [0.2, 0.25) is 5.02 Å². The van der Waals surface area contributed by atoms with Gasteiger partial charge in [-0.2, -0.15) is 0 Å². The number of hydrogen-bond acceptors (Lipinski definition) is 4. The Morgan fingerprint density at radius 3 is 2.46 bits per heavy atom. The van der Waals surface area contributed by atoms with Gasteiger partial charge >= 0.3 is 0 Å². The van der Waals surface area contributed by atoms with Crippen molar-refractivity contribution in [2.75, 3.05) is 27.2 Å². The van der Waals surface area contributed by atoms with E-state index in [-0.39, 0.29) is 4.90 Å². The van der Waals surface area contributed by atoms with Crippen LogP contribution in [-0.2, 0) is 10.0 Å². The number of hydrogen-bond donors (Lipinski definition) is 0. The topological polar surface area (TPSA) is 51.5 Å². The van der Waals surface area contributed by atoms with Crippen LogP contribution in [-0.4, -0.2) is 44.5 Å². The quantitative estimate of drug-likeness (QED) is 0.418. The molecule has 0 N–H and O–H groups in total. The largest absolute Gasteiger partial charge is 0.490 e. The predicted octanol–water partition coefficient (Wildman–Crippen LogP) is 5.31. The summed E-state index contributed by atoms with van der Waals surface area (Å²) in [5.41, 5.74) is 0.991. The van der Waals surface area contributed by atoms with Crippen molar-refractivity contribution in [3.05, 3.63) is 56.1 Å². The Morgan fingerprint density at radius 1 is 1.14 bits per heavy atom. The molecule has 2 aromatic carbocycles. The SMILES string of the molecule is Cc1c(OCCN(C)C)c2cc(Cl)cc(Br)c2n1S(=O)(=O)c1ccccc1Br. The molecule has 3 rings (SSSR count). The fourth-order valence-corrected chi connectivity index (χ4v) is 6.61. The van der Waals surface area contributed by atoms with Gasteiger partial charge in [0.25, 0.3) is 10.0 Å². The third kappa shape index (κ3) is 3.98. The van der Waals surface area contributed by atoms with Crippen LogP contribution >= 0.6 is 43.5 Å². The van der Waals surface area contributed by atoms with Crippen molar-refractivity contribution in [2.24, 2.45) is 0 Å². The first-order chi connectivity index (χ1) is 13.1. The minimum Gasteiger partial charge on any atom is -0.490 e. The van der Waals surface area contributed by atoms with Crippen LogP contribution in [0.3, 0.4) is 0 Å². The Morgan fingerprint density at radius 2 is 1.82 bits per heavy atom. The summed E-state index contributed by atoms with van der Waals surface area (Å²) in [5, 5.41) is 1.14. The maximum atomic E-state index is 13.5. The molecule has 0 aliphatic rings. The second-order valence-electron chi connectivity index (χ2n) is 6.55. The molecule has 0 radical (unpaired) electrons. The van der Waals surface area contributed by atoms with Crippen molar-refractivity contribution in [1.82, 2.24) is 8.87 Å². The third-order valence-corrected chi connectivity index (χ3v) is 7.87. The van der Waals surface area contributed by atoms with E-state index < -0.39 is 10.0 Å². The number of nitrogens with zero attached hydrogens (tertiary/aromatic N) is 2. The molecular weight excluding hydrogens is 532 g/mol. The van der Waals surface area contributed by atoms with Gasteiger partial charge in [-0.3, -0.25) is 0 Å². The predicted molar refractivity (Wildman–Crippen MR) is 120 cm³/mol. The lowest BCUT2D eigenvalue weighted by atomic mass is 10.2. The smallest absolute Gasteiger partial charge is 0.269 e. The summed E-state index contributed by atoms with van der Waals surface area (Å²) in [6.45, 7) is 2.86. The second-order valence-corrected chi connectivity index (χ2v) is 10.5. The summed E-state index contributed by atoms with van der Waals surface area (Å²) in [6, 6.07) is 10.1. The zero-order chi connectivity index (χ0) is 20.6. The van der Waals surface area contributed by atoms with Gasteiger partial charge in [0.2, 0.25) is 0 Å². The molecule has 0 fully saturated rings. The Labute approximate surface area is 186 Å². The molecule has 5 nitrogen and oxygen atoms in total. The molecule has 0 bridgehead atoms. The van der Waals surface area contributed by atoms with Crippen LogP contribution in [0.5, 0.6) is 5.75 Å². The first kappa shape index (κ1) is 21.6. The van der Waals surface area contributed by atoms with Crippen LogP contribution in [0, 0.1) is 6.92 Å². The summed E-state index contributed by atoms with van der Waals surface area (Å²) in [4.78, 5) is 2.17. The molecular formula is C19H19Br2ClN2O3S. The van der Waals surface area contributed by atoms with E-state index >= 15 is 0 Å². The summed E-state index contributed by atoms with van der Waals surface area (Å²) in [5.74, 6) is 0.510. The molecule has 1 aromatic heterocycles. The summed E-state index contributed by atoms with van der Waals surface area (Å²) >= 11 is 13.1. The van der Waals surface area contributed by atoms with E-state index in [0.717, 1.165) is 0 Å². The van der Waals surface area contributed by atoms with Crippen LogP contribution < -0.4 is 4.74 Å². The third-order valence-electron chi connectivity index (χ3n) is 4.25. The number of ether oxygens (including phenoxy) is 1. The van der Waals surface area contributed by atoms with Crippen LogP contribution in [0.4, 0.5) is 0 Å². The van der Waals surface area contributed by atoms with Crippen LogP contribution in [0.25, 0.3) is 10.9 Å². The zero-order valence-electron chi connectivity index (χ0n) is 15.5. The van der Waals surface area contributed by atoms with Crippen molar-refractivity contribution in [1.29, 1.82) is 0 Å². The maximum absolute atomic E-state index is 13.5. The van der Waals surface area contributed by atoms with Crippen LogP contribution in [0.15, 0.2) is 50.2 Å². The lowest BCUT2D eigenvalue weighted by Crippen LogP contribution is -2.20. The minimum atomic E-state index is -3.88. The van der Waals surface area contributed by atoms with Crippen molar-refractivity contribution < 1.29 is 13.2 Å². The number of fused-ring (bicyclic) bond motifs is 1. The van der Waals surface area contributed by atoms with E-state index in [1.807, 2.05) is 19.0 Å². The molecule has 0 aliphatic heterocycles. The summed E-state index contributed by atoms with van der Waals surface area (Å²) in [6.07, 6.45) is 0. The van der Waals surface area contributed by atoms with E-state index in [1.54, 1.807) is 43.3 Å². The molecule has 3 aromatic rings. The highest BCUT2D eigenvalue weighted by Crippen LogP contribution is 2.41. The summed E-state index contributed by atoms with van der Waals surface area (Å²) < 4.78 is 35.5. The number of benzene rings is 2. The monoisotopic (exact) mass is 548 g/mol. The Kier molecular flexibility index (Phi) is 6.46. The first-order valence-corrected chi connectivity index (χ1v) is 11.8. The Balaban J connectivity index is 2.28. The van der Waals surface area contributed by atoms with Crippen molar-refractivity contribution in [3.63, 3.8) is 0 Å². The number of rotatable bonds is 6. The van der Waals surface area contributed by atoms with Gasteiger partial charge < -0.3 is 9.64 Å². The minimum absolute atomic E-state index is 0.177. The van der Waals surface area contributed by atoms with E-state index in [1.165, 1.54) is 3.97 Å². The molecule has 150 valence electrons. The van der Waals surface area contributed by atoms with Gasteiger partial charge in [0, 0.05) is 25.9 Å². The Hall–Kier alpha value is -1.06. The van der Waals surface area contributed by atoms with Gasteiger partial charge in [-0.05, 0) is 77.1 Å². The van der Waals surface area contributed by atoms with E-state index in [2.05, 4.69) is 31.9 Å². The van der Waals surface area contributed by atoms with Gasteiger partial charge in [0.05, 0.1) is 11.2 Å². The van der Waals surface area contributed by atoms with Crippen molar-refractivity contribution in [2.45, 2.75) is 11.8 Å². The van der Waals surface area contributed by atoms with E-state index in [9.17, 15) is 8.42 Å². The lowest BCUT2D eigenvalue weighted by molar-refractivity contribution is 0.262. The number of likely N-dealkylation sites (N-methyl/N-ethyl adjacent to an activating group) is 1. The Bertz CT molecular complexity index is 1140. The molecule has 0 amide bonds.